The quantitative estimate of drug-likeness (QED) is 0.427. The zero-order chi connectivity index (χ0) is 27.2. The van der Waals surface area contributed by atoms with Crippen molar-refractivity contribution in [2.24, 2.45) is 38.9 Å². The summed E-state index contributed by atoms with van der Waals surface area (Å²) in [5.74, 6) is -0.993. The fraction of sp³-hybridized carbons (Fsp3) is 0.833. The molecule has 6 aliphatic rings. The van der Waals surface area contributed by atoms with Crippen LogP contribution in [0.5, 0.6) is 0 Å². The molecule has 7 heteroatoms. The molecule has 0 amide bonds. The Bertz CT molecular complexity index is 1180. The van der Waals surface area contributed by atoms with Crippen molar-refractivity contribution >= 4 is 11.8 Å². The number of rotatable bonds is 2. The van der Waals surface area contributed by atoms with Gasteiger partial charge in [0, 0.05) is 16.7 Å². The second kappa shape index (κ2) is 6.87. The first-order valence-electron chi connectivity index (χ1n) is 14.0. The minimum Gasteiger partial charge on any atom is -0.449 e. The summed E-state index contributed by atoms with van der Waals surface area (Å²) < 4.78 is 12.3. The Balaban J connectivity index is 1.49. The van der Waals surface area contributed by atoms with Crippen LogP contribution in [-0.2, 0) is 19.1 Å². The summed E-state index contributed by atoms with van der Waals surface area (Å²) in [6, 6.07) is 2.13. The first kappa shape index (κ1) is 25.5. The van der Waals surface area contributed by atoms with Gasteiger partial charge in [0.2, 0.25) is 5.60 Å². The maximum atomic E-state index is 14.4. The topological polar surface area (TPSA) is 120 Å². The molecular weight excluding hydrogens is 470 g/mol. The van der Waals surface area contributed by atoms with Gasteiger partial charge in [-0.1, -0.05) is 54.0 Å². The molecule has 1 spiro atoms. The van der Waals surface area contributed by atoms with Crippen molar-refractivity contribution in [2.45, 2.75) is 117 Å². The van der Waals surface area contributed by atoms with Gasteiger partial charge >= 0.3 is 5.97 Å². The number of ketones is 1. The number of nitrogens with zero attached hydrogens (tertiary/aromatic N) is 1. The molecule has 0 aromatic carbocycles. The highest BCUT2D eigenvalue weighted by molar-refractivity contribution is 6.05. The first-order chi connectivity index (χ1) is 17.0. The fourth-order valence-electron chi connectivity index (χ4n) is 9.97. The van der Waals surface area contributed by atoms with E-state index in [9.17, 15) is 25.1 Å². The van der Waals surface area contributed by atoms with Gasteiger partial charge in [-0.05, 0) is 61.3 Å². The van der Waals surface area contributed by atoms with E-state index >= 15 is 0 Å². The van der Waals surface area contributed by atoms with E-state index in [0.717, 1.165) is 12.0 Å². The smallest absolute Gasteiger partial charge is 0.313 e. The number of carbonyl (C=O) groups excluding carboxylic acids is 2. The molecule has 2 N–H and O–H groups in total. The average molecular weight is 512 g/mol. The van der Waals surface area contributed by atoms with Crippen molar-refractivity contribution in [3.63, 3.8) is 0 Å². The Kier molecular flexibility index (Phi) is 4.74. The summed E-state index contributed by atoms with van der Waals surface area (Å²) in [5, 5.41) is 31.9. The lowest BCUT2D eigenvalue weighted by molar-refractivity contribution is -0.203. The highest BCUT2D eigenvalue weighted by Gasteiger charge is 2.84. The van der Waals surface area contributed by atoms with Crippen LogP contribution in [0.4, 0.5) is 0 Å². The molecule has 11 atom stereocenters. The molecule has 0 aromatic heterocycles. The third-order valence-electron chi connectivity index (χ3n) is 12.6. The van der Waals surface area contributed by atoms with Crippen LogP contribution in [0.25, 0.3) is 0 Å². The van der Waals surface area contributed by atoms with E-state index in [0.29, 0.717) is 32.1 Å². The number of esters is 1. The van der Waals surface area contributed by atoms with Crippen molar-refractivity contribution in [1.29, 1.82) is 5.26 Å². The monoisotopic (exact) mass is 511 g/mol. The summed E-state index contributed by atoms with van der Waals surface area (Å²) in [7, 11) is 0. The van der Waals surface area contributed by atoms with E-state index in [4.69, 9.17) is 9.47 Å². The predicted octanol–water partition coefficient (Wildman–Crippen LogP) is 3.86. The molecule has 0 aromatic rings. The Labute approximate surface area is 219 Å². The van der Waals surface area contributed by atoms with Crippen LogP contribution < -0.4 is 0 Å². The molecule has 7 nitrogen and oxygen atoms in total. The molecule has 3 unspecified atom stereocenters. The van der Waals surface area contributed by atoms with Gasteiger partial charge in [0.15, 0.2) is 11.4 Å². The summed E-state index contributed by atoms with van der Waals surface area (Å²) in [4.78, 5) is 28.1. The first-order valence-corrected chi connectivity index (χ1v) is 14.0. The maximum Gasteiger partial charge on any atom is 0.313 e. The molecule has 4 aliphatic carbocycles. The highest BCUT2D eigenvalue weighted by Crippen LogP contribution is 2.78. The van der Waals surface area contributed by atoms with Crippen LogP contribution in [-0.4, -0.2) is 51.5 Å². The zero-order valence-corrected chi connectivity index (χ0v) is 23.2. The molecule has 2 heterocycles. The fourth-order valence-corrected chi connectivity index (χ4v) is 9.97. The molecule has 2 aliphatic heterocycles. The largest absolute Gasteiger partial charge is 0.449 e. The Hall–Kier alpha value is -1.75. The number of hydrogen-bond acceptors (Lipinski definition) is 7. The summed E-state index contributed by atoms with van der Waals surface area (Å²) >= 11 is 0. The van der Waals surface area contributed by atoms with Gasteiger partial charge in [-0.15, -0.1) is 0 Å². The lowest BCUT2D eigenvalue weighted by Crippen LogP contribution is -2.71. The van der Waals surface area contributed by atoms with E-state index in [2.05, 4.69) is 40.7 Å². The number of aliphatic hydroxyl groups is 2. The zero-order valence-electron chi connectivity index (χ0n) is 23.2. The Morgan fingerprint density at radius 1 is 1.14 bits per heavy atom. The van der Waals surface area contributed by atoms with Gasteiger partial charge in [-0.3, -0.25) is 9.59 Å². The summed E-state index contributed by atoms with van der Waals surface area (Å²) in [6.07, 6.45) is 2.98. The van der Waals surface area contributed by atoms with Crippen LogP contribution in [0.1, 0.15) is 87.0 Å². The number of hydrogen-bond donors (Lipinski definition) is 2. The Morgan fingerprint density at radius 2 is 1.81 bits per heavy atom. The maximum absolute atomic E-state index is 14.4. The predicted molar refractivity (Wildman–Crippen MR) is 134 cm³/mol. The lowest BCUT2D eigenvalue weighted by Gasteiger charge is -2.67. The van der Waals surface area contributed by atoms with Gasteiger partial charge in [-0.25, -0.2) is 0 Å². The summed E-state index contributed by atoms with van der Waals surface area (Å²) in [5.41, 5.74) is -4.32. The number of carbonyl (C=O) groups is 2. The van der Waals surface area contributed by atoms with Gasteiger partial charge in [0.05, 0.1) is 11.5 Å². The van der Waals surface area contributed by atoms with E-state index in [-0.39, 0.29) is 29.0 Å². The number of fused-ring (bicyclic) bond motifs is 7. The van der Waals surface area contributed by atoms with Gasteiger partial charge in [0.1, 0.15) is 18.3 Å². The van der Waals surface area contributed by atoms with Crippen molar-refractivity contribution in [3.05, 3.63) is 11.6 Å². The molecular formula is C30H41NO6. The van der Waals surface area contributed by atoms with Crippen LogP contribution in [0.3, 0.4) is 0 Å². The lowest BCUT2D eigenvalue weighted by atomic mass is 9.35. The summed E-state index contributed by atoms with van der Waals surface area (Å²) in [6.45, 7) is 14.9. The SMILES string of the molecule is CC1[C@]2(CCC(C)(C)C)CC[C@@]3(C)[C@]4(C)CCC5[C@H](O)C(O)[C@]6(C#N)O[C@@H]6[C@]5(C)C4=CC(=O)[C@]13OC2=O. The number of aliphatic hydroxyl groups excluding tert-OH is 2. The van der Waals surface area contributed by atoms with Crippen LogP contribution in [0.2, 0.25) is 0 Å². The van der Waals surface area contributed by atoms with Crippen molar-refractivity contribution in [3.8, 4) is 6.07 Å². The molecule has 2 bridgehead atoms. The molecule has 6 rings (SSSR count). The molecule has 37 heavy (non-hydrogen) atoms. The highest BCUT2D eigenvalue weighted by atomic mass is 16.6. The van der Waals surface area contributed by atoms with E-state index in [1.54, 1.807) is 6.08 Å². The third kappa shape index (κ3) is 2.50. The Morgan fingerprint density at radius 3 is 2.43 bits per heavy atom. The normalized spacial score (nSPS) is 55.7. The van der Waals surface area contributed by atoms with Crippen molar-refractivity contribution < 1.29 is 29.3 Å². The average Bonchev–Trinajstić information content (AvgIpc) is 3.55. The molecule has 202 valence electrons. The number of nitriles is 1. The van der Waals surface area contributed by atoms with Gasteiger partial charge in [-0.2, -0.15) is 5.26 Å². The standard InChI is InChI=1S/C30H41NO6/c1-16-28(12-10-24(2,3)4)13-11-26(6)25(5)9-8-17-20(33)21(34)29(15-31)22(36-29)27(17,7)18(25)14-19(32)30(16,26)37-23(28)35/h14,16-17,20-22,33-34H,8-13H2,1-7H3/t16?,17?,20-,21?,22+,25+,26-,27-,28-,29-,30+/m0/s1. The number of epoxide rings is 1. The third-order valence-corrected chi connectivity index (χ3v) is 12.6. The van der Waals surface area contributed by atoms with E-state index in [1.165, 1.54) is 0 Å². The molecule has 2 saturated heterocycles. The van der Waals surface area contributed by atoms with Gasteiger partial charge < -0.3 is 19.7 Å². The van der Waals surface area contributed by atoms with Crippen LogP contribution in [0, 0.1) is 50.2 Å². The molecule has 5 fully saturated rings. The second-order valence-corrected chi connectivity index (χ2v) is 14.9. The second-order valence-electron chi connectivity index (χ2n) is 14.9. The van der Waals surface area contributed by atoms with Crippen molar-refractivity contribution in [1.82, 2.24) is 0 Å². The minimum atomic E-state index is -1.45. The van der Waals surface area contributed by atoms with Crippen LogP contribution >= 0.6 is 0 Å². The minimum absolute atomic E-state index is 0.0672. The van der Waals surface area contributed by atoms with Crippen LogP contribution in [0.15, 0.2) is 11.6 Å². The van der Waals surface area contributed by atoms with E-state index in [1.807, 2.05) is 13.8 Å². The van der Waals surface area contributed by atoms with E-state index < -0.39 is 51.2 Å². The van der Waals surface area contributed by atoms with Crippen molar-refractivity contribution in [2.75, 3.05) is 0 Å². The number of ether oxygens (including phenoxy) is 2. The molecule has 3 saturated carbocycles. The van der Waals surface area contributed by atoms with Gasteiger partial charge in [0.25, 0.3) is 0 Å². The molecule has 0 radical (unpaired) electrons.